The first kappa shape index (κ1) is 24.0. The molecule has 0 bridgehead atoms. The van der Waals surface area contributed by atoms with Gasteiger partial charge in [0.1, 0.15) is 0 Å². The zero-order valence-electron chi connectivity index (χ0n) is 17.5. The van der Waals surface area contributed by atoms with E-state index in [1.54, 1.807) is 31.2 Å². The van der Waals surface area contributed by atoms with Crippen LogP contribution in [0.5, 0.6) is 0 Å². The molecular formula is C21H22N4O7. The Bertz CT molecular complexity index is 1030. The molecule has 3 N–H and O–H groups in total. The number of carbonyl (C=O) groups is 4. The van der Waals surface area contributed by atoms with E-state index in [1.807, 2.05) is 0 Å². The maximum Gasteiger partial charge on any atom is 0.306 e. The van der Waals surface area contributed by atoms with E-state index >= 15 is 0 Å². The molecule has 0 aromatic heterocycles. The Morgan fingerprint density at radius 3 is 2.03 bits per heavy atom. The van der Waals surface area contributed by atoms with Gasteiger partial charge in [-0.1, -0.05) is 6.07 Å². The molecule has 0 unspecified atom stereocenters. The highest BCUT2D eigenvalue weighted by molar-refractivity contribution is 5.95. The third kappa shape index (κ3) is 7.86. The van der Waals surface area contributed by atoms with Gasteiger partial charge in [-0.3, -0.25) is 29.3 Å². The topological polar surface area (TPSA) is 157 Å². The molecule has 11 heteroatoms. The number of esters is 1. The second-order valence-electron chi connectivity index (χ2n) is 6.77. The summed E-state index contributed by atoms with van der Waals surface area (Å²) in [5.41, 5.74) is 1.57. The lowest BCUT2D eigenvalue weighted by molar-refractivity contribution is -0.385. The van der Waals surface area contributed by atoms with Crippen LogP contribution >= 0.6 is 0 Å². The molecule has 32 heavy (non-hydrogen) atoms. The van der Waals surface area contributed by atoms with E-state index in [0.717, 1.165) is 0 Å². The van der Waals surface area contributed by atoms with Gasteiger partial charge in [0.05, 0.1) is 11.3 Å². The van der Waals surface area contributed by atoms with Crippen molar-refractivity contribution in [1.82, 2.24) is 0 Å². The number of rotatable bonds is 9. The van der Waals surface area contributed by atoms with Gasteiger partial charge in [0.2, 0.25) is 11.8 Å². The Balaban J connectivity index is 1.73. The van der Waals surface area contributed by atoms with E-state index in [4.69, 9.17) is 4.74 Å². The van der Waals surface area contributed by atoms with Crippen LogP contribution in [0.3, 0.4) is 0 Å². The van der Waals surface area contributed by atoms with Crippen LogP contribution in [0.25, 0.3) is 0 Å². The number of aryl methyl sites for hydroxylation is 1. The number of anilines is 3. The van der Waals surface area contributed by atoms with Gasteiger partial charge < -0.3 is 20.7 Å². The van der Waals surface area contributed by atoms with Gasteiger partial charge >= 0.3 is 5.97 Å². The molecule has 0 heterocycles. The number of nitrogens with one attached hydrogen (secondary N) is 3. The Morgan fingerprint density at radius 1 is 0.875 bits per heavy atom. The van der Waals surface area contributed by atoms with Crippen molar-refractivity contribution in [3.8, 4) is 0 Å². The lowest BCUT2D eigenvalue weighted by atomic mass is 10.2. The zero-order valence-corrected chi connectivity index (χ0v) is 17.5. The minimum atomic E-state index is -0.744. The van der Waals surface area contributed by atoms with Crippen molar-refractivity contribution in [2.24, 2.45) is 0 Å². The SMILES string of the molecule is CC(=O)Nc1ccc(NC(=O)CCC(=O)OCC(=O)Nc2ccc(C)c([N+](=O)[O-])c2)cc1. The Morgan fingerprint density at radius 2 is 1.44 bits per heavy atom. The molecule has 0 aliphatic rings. The number of nitrogens with zero attached hydrogens (tertiary/aromatic N) is 1. The number of benzene rings is 2. The largest absolute Gasteiger partial charge is 0.456 e. The average Bonchev–Trinajstić information content (AvgIpc) is 2.73. The first-order valence-electron chi connectivity index (χ1n) is 9.52. The first-order valence-corrected chi connectivity index (χ1v) is 9.52. The minimum Gasteiger partial charge on any atom is -0.456 e. The highest BCUT2D eigenvalue weighted by Gasteiger charge is 2.14. The predicted octanol–water partition coefficient (Wildman–Crippen LogP) is 2.76. The summed E-state index contributed by atoms with van der Waals surface area (Å²) in [6.07, 6.45) is -0.392. The molecule has 11 nitrogen and oxygen atoms in total. The Labute approximate surface area is 183 Å². The summed E-state index contributed by atoms with van der Waals surface area (Å²) in [5.74, 6) is -2.05. The number of ether oxygens (including phenoxy) is 1. The molecule has 0 spiro atoms. The molecule has 0 saturated carbocycles. The van der Waals surface area contributed by atoms with Crippen LogP contribution < -0.4 is 16.0 Å². The van der Waals surface area contributed by atoms with Crippen molar-refractivity contribution in [2.45, 2.75) is 26.7 Å². The summed E-state index contributed by atoms with van der Waals surface area (Å²) in [7, 11) is 0. The third-order valence-corrected chi connectivity index (χ3v) is 4.10. The van der Waals surface area contributed by atoms with Crippen molar-refractivity contribution < 1.29 is 28.8 Å². The Hall–Kier alpha value is -4.28. The van der Waals surface area contributed by atoms with E-state index in [9.17, 15) is 29.3 Å². The summed E-state index contributed by atoms with van der Waals surface area (Å²) in [6, 6.07) is 10.6. The molecule has 0 atom stereocenters. The lowest BCUT2D eigenvalue weighted by Gasteiger charge is -2.08. The van der Waals surface area contributed by atoms with Gasteiger partial charge in [-0.25, -0.2) is 0 Å². The molecule has 0 aliphatic carbocycles. The van der Waals surface area contributed by atoms with Crippen LogP contribution in [-0.2, 0) is 23.9 Å². The van der Waals surface area contributed by atoms with E-state index in [-0.39, 0.29) is 30.1 Å². The Kier molecular flexibility index (Phi) is 8.40. The van der Waals surface area contributed by atoms with Crippen molar-refractivity contribution >= 4 is 46.4 Å². The molecule has 0 radical (unpaired) electrons. The van der Waals surface area contributed by atoms with Gasteiger partial charge in [0, 0.05) is 42.0 Å². The molecule has 0 aliphatic heterocycles. The van der Waals surface area contributed by atoms with Crippen molar-refractivity contribution in [2.75, 3.05) is 22.6 Å². The fourth-order valence-corrected chi connectivity index (χ4v) is 2.58. The maximum absolute atomic E-state index is 12.0. The number of nitro groups is 1. The maximum atomic E-state index is 12.0. The highest BCUT2D eigenvalue weighted by atomic mass is 16.6. The van der Waals surface area contributed by atoms with E-state index < -0.39 is 29.3 Å². The molecule has 2 rings (SSSR count). The van der Waals surface area contributed by atoms with Gasteiger partial charge in [-0.2, -0.15) is 0 Å². The van der Waals surface area contributed by atoms with Gasteiger partial charge in [-0.05, 0) is 37.3 Å². The van der Waals surface area contributed by atoms with Gasteiger partial charge in [0.15, 0.2) is 6.61 Å². The van der Waals surface area contributed by atoms with E-state index in [0.29, 0.717) is 16.9 Å². The average molecular weight is 442 g/mol. The van der Waals surface area contributed by atoms with Crippen LogP contribution in [0.15, 0.2) is 42.5 Å². The van der Waals surface area contributed by atoms with Crippen molar-refractivity contribution in [3.05, 3.63) is 58.1 Å². The van der Waals surface area contributed by atoms with Crippen LogP contribution in [0.2, 0.25) is 0 Å². The molecule has 2 aromatic carbocycles. The number of amides is 3. The quantitative estimate of drug-likeness (QED) is 0.306. The standard InChI is InChI=1S/C21H22N4O7/c1-13-3-4-17(11-18(13)25(30)31)24-20(28)12-32-21(29)10-9-19(27)23-16-7-5-15(6-8-16)22-14(2)26/h3-8,11H,9-10,12H2,1-2H3,(H,22,26)(H,23,27)(H,24,28). The third-order valence-electron chi connectivity index (χ3n) is 4.10. The number of hydrogen-bond acceptors (Lipinski definition) is 7. The summed E-state index contributed by atoms with van der Waals surface area (Å²) in [5, 5.41) is 18.6. The normalized spacial score (nSPS) is 10.1. The summed E-state index contributed by atoms with van der Waals surface area (Å²) in [4.78, 5) is 57.0. The second kappa shape index (κ2) is 11.2. The molecule has 2 aromatic rings. The van der Waals surface area contributed by atoms with E-state index in [1.165, 1.54) is 25.1 Å². The molecule has 3 amide bonds. The van der Waals surface area contributed by atoms with Crippen molar-refractivity contribution in [3.63, 3.8) is 0 Å². The minimum absolute atomic E-state index is 0.143. The number of carbonyl (C=O) groups excluding carboxylic acids is 4. The molecular weight excluding hydrogens is 420 g/mol. The van der Waals surface area contributed by atoms with Crippen LogP contribution in [-0.4, -0.2) is 35.2 Å². The number of nitro benzene ring substituents is 1. The summed E-state index contributed by atoms with van der Waals surface area (Å²) in [6.45, 7) is 2.36. The van der Waals surface area contributed by atoms with E-state index in [2.05, 4.69) is 16.0 Å². The summed E-state index contributed by atoms with van der Waals surface area (Å²) < 4.78 is 4.83. The van der Waals surface area contributed by atoms with Gasteiger partial charge in [-0.15, -0.1) is 0 Å². The first-order chi connectivity index (χ1) is 15.1. The van der Waals surface area contributed by atoms with Crippen molar-refractivity contribution in [1.29, 1.82) is 0 Å². The molecule has 0 fully saturated rings. The molecule has 0 saturated heterocycles. The van der Waals surface area contributed by atoms with Crippen LogP contribution in [0.4, 0.5) is 22.7 Å². The molecule has 168 valence electrons. The van der Waals surface area contributed by atoms with Gasteiger partial charge in [0.25, 0.3) is 11.6 Å². The highest BCUT2D eigenvalue weighted by Crippen LogP contribution is 2.22. The predicted molar refractivity (Wildman–Crippen MR) is 116 cm³/mol. The van der Waals surface area contributed by atoms with Crippen LogP contribution in [0, 0.1) is 17.0 Å². The fraction of sp³-hybridized carbons (Fsp3) is 0.238. The zero-order chi connectivity index (χ0) is 23.7. The lowest BCUT2D eigenvalue weighted by Crippen LogP contribution is -2.21. The smallest absolute Gasteiger partial charge is 0.306 e. The van der Waals surface area contributed by atoms with Crippen LogP contribution in [0.1, 0.15) is 25.3 Å². The number of hydrogen-bond donors (Lipinski definition) is 3. The summed E-state index contributed by atoms with van der Waals surface area (Å²) >= 11 is 0. The monoisotopic (exact) mass is 442 g/mol. The second-order valence-corrected chi connectivity index (χ2v) is 6.77. The fourth-order valence-electron chi connectivity index (χ4n) is 2.58.